The van der Waals surface area contributed by atoms with Gasteiger partial charge in [0.05, 0.1) is 17.6 Å². The van der Waals surface area contributed by atoms with Crippen molar-refractivity contribution in [2.45, 2.75) is 45.3 Å². The zero-order valence-electron chi connectivity index (χ0n) is 12.2. The van der Waals surface area contributed by atoms with Crippen molar-refractivity contribution in [1.82, 2.24) is 0 Å². The largest absolute Gasteiger partial charge is 0.495 e. The number of carbonyl (C=O) groups is 1. The zero-order chi connectivity index (χ0) is 15.1. The quantitative estimate of drug-likeness (QED) is 0.844. The maximum absolute atomic E-state index is 13.5. The minimum atomic E-state index is -0.704. The molecule has 20 heavy (non-hydrogen) atoms. The number of primary amides is 1. The van der Waals surface area contributed by atoms with Gasteiger partial charge in [-0.3, -0.25) is 4.79 Å². The molecule has 0 aliphatic carbocycles. The van der Waals surface area contributed by atoms with Crippen molar-refractivity contribution in [3.63, 3.8) is 0 Å². The third-order valence-corrected chi connectivity index (χ3v) is 3.98. The minimum absolute atomic E-state index is 0.0275. The summed E-state index contributed by atoms with van der Waals surface area (Å²) < 4.78 is 25.3. The molecule has 0 saturated carbocycles. The lowest BCUT2D eigenvalue weighted by Gasteiger charge is -2.32. The monoisotopic (exact) mass is 279 g/mol. The van der Waals surface area contributed by atoms with Crippen LogP contribution in [0.1, 0.15) is 33.3 Å². The molecule has 0 bridgehead atoms. The summed E-state index contributed by atoms with van der Waals surface area (Å²) in [5.74, 6) is -0.877. The smallest absolute Gasteiger partial charge is 0.399 e. The SMILES string of the molecule is CC1(C)OB(c2cc(F)ccc2CC(N)=O)OC1(C)C. The Balaban J connectivity index is 2.38. The maximum atomic E-state index is 13.5. The normalized spacial score (nSPS) is 20.1. The Morgan fingerprint density at radius 2 is 1.80 bits per heavy atom. The average Bonchev–Trinajstić information content (AvgIpc) is 2.50. The summed E-state index contributed by atoms with van der Waals surface area (Å²) in [7, 11) is -0.704. The molecule has 1 aromatic carbocycles. The van der Waals surface area contributed by atoms with E-state index in [0.717, 1.165) is 0 Å². The molecule has 1 heterocycles. The Labute approximate surface area is 118 Å². The van der Waals surface area contributed by atoms with Crippen molar-refractivity contribution >= 4 is 18.5 Å². The molecule has 0 spiro atoms. The van der Waals surface area contributed by atoms with E-state index in [0.29, 0.717) is 11.0 Å². The molecule has 1 aliphatic heterocycles. The molecule has 1 saturated heterocycles. The summed E-state index contributed by atoms with van der Waals surface area (Å²) in [6.45, 7) is 7.67. The summed E-state index contributed by atoms with van der Waals surface area (Å²) in [5, 5.41) is 0. The Bertz CT molecular complexity index is 529. The third-order valence-electron chi connectivity index (χ3n) is 3.98. The van der Waals surface area contributed by atoms with E-state index in [9.17, 15) is 9.18 Å². The van der Waals surface area contributed by atoms with Crippen LogP contribution in [0.4, 0.5) is 4.39 Å². The molecule has 1 amide bonds. The van der Waals surface area contributed by atoms with Crippen LogP contribution in [-0.4, -0.2) is 24.2 Å². The van der Waals surface area contributed by atoms with E-state index < -0.39 is 30.0 Å². The Morgan fingerprint density at radius 1 is 1.25 bits per heavy atom. The van der Waals surface area contributed by atoms with E-state index in [2.05, 4.69) is 0 Å². The van der Waals surface area contributed by atoms with Gasteiger partial charge in [0, 0.05) is 0 Å². The van der Waals surface area contributed by atoms with Crippen LogP contribution in [0, 0.1) is 5.82 Å². The van der Waals surface area contributed by atoms with Crippen molar-refractivity contribution < 1.29 is 18.5 Å². The van der Waals surface area contributed by atoms with Crippen molar-refractivity contribution in [3.8, 4) is 0 Å². The number of rotatable bonds is 3. The van der Waals surface area contributed by atoms with Gasteiger partial charge in [0.1, 0.15) is 5.82 Å². The van der Waals surface area contributed by atoms with Gasteiger partial charge in [0.15, 0.2) is 0 Å². The Kier molecular flexibility index (Phi) is 3.65. The first kappa shape index (κ1) is 15.0. The first-order chi connectivity index (χ1) is 9.12. The molecule has 2 N–H and O–H groups in total. The molecular formula is C14H19BFNO3. The number of amides is 1. The summed E-state index contributed by atoms with van der Waals surface area (Å²) in [6, 6.07) is 4.17. The number of carbonyl (C=O) groups excluding carboxylic acids is 1. The molecule has 0 aromatic heterocycles. The molecule has 1 aliphatic rings. The lowest BCUT2D eigenvalue weighted by atomic mass is 9.75. The number of benzene rings is 1. The van der Waals surface area contributed by atoms with E-state index in [-0.39, 0.29) is 6.42 Å². The molecule has 4 nitrogen and oxygen atoms in total. The van der Waals surface area contributed by atoms with E-state index in [1.807, 2.05) is 27.7 Å². The highest BCUT2D eigenvalue weighted by molar-refractivity contribution is 6.62. The van der Waals surface area contributed by atoms with Crippen LogP contribution >= 0.6 is 0 Å². The summed E-state index contributed by atoms with van der Waals surface area (Å²) in [4.78, 5) is 11.1. The minimum Gasteiger partial charge on any atom is -0.399 e. The van der Waals surface area contributed by atoms with Crippen LogP contribution in [-0.2, 0) is 20.5 Å². The lowest BCUT2D eigenvalue weighted by molar-refractivity contribution is -0.117. The van der Waals surface area contributed by atoms with Crippen molar-refractivity contribution in [1.29, 1.82) is 0 Å². The number of hydrogen-bond donors (Lipinski definition) is 1. The van der Waals surface area contributed by atoms with E-state index >= 15 is 0 Å². The summed E-state index contributed by atoms with van der Waals surface area (Å²) in [6.07, 6.45) is 0.0275. The average molecular weight is 279 g/mol. The fourth-order valence-electron chi connectivity index (χ4n) is 2.10. The van der Waals surface area contributed by atoms with Crippen molar-refractivity contribution in [2.24, 2.45) is 5.73 Å². The van der Waals surface area contributed by atoms with Gasteiger partial charge in [-0.05, 0) is 50.9 Å². The van der Waals surface area contributed by atoms with Crippen LogP contribution in [0.2, 0.25) is 0 Å². The standard InChI is InChI=1S/C14H19BFNO3/c1-13(2)14(3,4)20-15(19-13)11-8-10(16)6-5-9(11)7-12(17)18/h5-6,8H,7H2,1-4H3,(H2,17,18). The molecule has 0 atom stereocenters. The fourth-order valence-corrected chi connectivity index (χ4v) is 2.10. The van der Waals surface area contributed by atoms with Crippen molar-refractivity contribution in [3.05, 3.63) is 29.6 Å². The van der Waals surface area contributed by atoms with E-state index in [1.54, 1.807) is 6.07 Å². The fraction of sp³-hybridized carbons (Fsp3) is 0.500. The Hall–Kier alpha value is -1.40. The van der Waals surface area contributed by atoms with Gasteiger partial charge in [-0.15, -0.1) is 0 Å². The molecule has 1 fully saturated rings. The van der Waals surface area contributed by atoms with Gasteiger partial charge >= 0.3 is 7.12 Å². The van der Waals surface area contributed by atoms with Gasteiger partial charge < -0.3 is 15.0 Å². The first-order valence-electron chi connectivity index (χ1n) is 6.55. The third kappa shape index (κ3) is 2.71. The molecular weight excluding hydrogens is 260 g/mol. The van der Waals surface area contributed by atoms with Crippen LogP contribution in [0.5, 0.6) is 0 Å². The first-order valence-corrected chi connectivity index (χ1v) is 6.55. The predicted octanol–water partition coefficient (Wildman–Crippen LogP) is 1.15. The second-order valence-corrected chi connectivity index (χ2v) is 6.07. The van der Waals surface area contributed by atoms with Gasteiger partial charge in [-0.1, -0.05) is 6.07 Å². The highest BCUT2D eigenvalue weighted by Crippen LogP contribution is 2.36. The summed E-state index contributed by atoms with van der Waals surface area (Å²) in [5.41, 5.74) is 5.32. The molecule has 1 aromatic rings. The highest BCUT2D eigenvalue weighted by Gasteiger charge is 2.52. The molecule has 6 heteroatoms. The number of halogens is 1. The predicted molar refractivity (Wildman–Crippen MR) is 75.0 cm³/mol. The number of hydrogen-bond acceptors (Lipinski definition) is 3. The van der Waals surface area contributed by atoms with Gasteiger partial charge in [0.2, 0.25) is 5.91 Å². The molecule has 108 valence electrons. The second-order valence-electron chi connectivity index (χ2n) is 6.07. The second kappa shape index (κ2) is 4.86. The summed E-state index contributed by atoms with van der Waals surface area (Å²) >= 11 is 0. The Morgan fingerprint density at radius 3 is 2.30 bits per heavy atom. The van der Waals surface area contributed by atoms with Crippen LogP contribution in [0.25, 0.3) is 0 Å². The van der Waals surface area contributed by atoms with E-state index in [1.165, 1.54) is 12.1 Å². The zero-order valence-corrected chi connectivity index (χ0v) is 12.2. The van der Waals surface area contributed by atoms with Crippen molar-refractivity contribution in [2.75, 3.05) is 0 Å². The number of nitrogens with two attached hydrogens (primary N) is 1. The topological polar surface area (TPSA) is 61.5 Å². The van der Waals surface area contributed by atoms with Gasteiger partial charge in [0.25, 0.3) is 0 Å². The molecule has 2 rings (SSSR count). The highest BCUT2D eigenvalue weighted by atomic mass is 19.1. The van der Waals surface area contributed by atoms with Gasteiger partial charge in [-0.2, -0.15) is 0 Å². The molecule has 0 radical (unpaired) electrons. The van der Waals surface area contributed by atoms with Crippen LogP contribution < -0.4 is 11.2 Å². The van der Waals surface area contributed by atoms with Gasteiger partial charge in [-0.25, -0.2) is 4.39 Å². The van der Waals surface area contributed by atoms with E-state index in [4.69, 9.17) is 15.0 Å². The van der Waals surface area contributed by atoms with Crippen LogP contribution in [0.3, 0.4) is 0 Å². The maximum Gasteiger partial charge on any atom is 0.495 e. The van der Waals surface area contributed by atoms with Crippen LogP contribution in [0.15, 0.2) is 18.2 Å². The molecule has 0 unspecified atom stereocenters. The lowest BCUT2D eigenvalue weighted by Crippen LogP contribution is -2.41.